The van der Waals surface area contributed by atoms with Gasteiger partial charge in [0, 0.05) is 0 Å². The van der Waals surface area contributed by atoms with Crippen LogP contribution in [0.15, 0.2) is 10.7 Å². The Labute approximate surface area is 97.6 Å². The summed E-state index contributed by atoms with van der Waals surface area (Å²) in [6.45, 7) is 0. The lowest BCUT2D eigenvalue weighted by Gasteiger charge is -2.21. The van der Waals surface area contributed by atoms with E-state index in [-0.39, 0.29) is 12.1 Å². The second-order valence-corrected chi connectivity index (χ2v) is 4.95. The van der Waals surface area contributed by atoms with Gasteiger partial charge in [-0.3, -0.25) is 0 Å². The Bertz CT molecular complexity index is 339. The number of halogens is 1. The van der Waals surface area contributed by atoms with Gasteiger partial charge in [-0.05, 0) is 28.8 Å². The van der Waals surface area contributed by atoms with Crippen LogP contribution in [-0.2, 0) is 0 Å². The van der Waals surface area contributed by atoms with Crippen LogP contribution in [0, 0.1) is 0 Å². The van der Waals surface area contributed by atoms with Gasteiger partial charge in [0.05, 0.1) is 22.8 Å². The Morgan fingerprint density at radius 2 is 2.13 bits per heavy atom. The number of anilines is 1. The molecule has 1 aliphatic carbocycles. The molecule has 15 heavy (non-hydrogen) atoms. The molecule has 0 aromatic carbocycles. The van der Waals surface area contributed by atoms with Crippen LogP contribution in [0.4, 0.5) is 5.82 Å². The lowest BCUT2D eigenvalue weighted by atomic mass is 10.1. The number of nitrogen functional groups attached to an aromatic ring is 1. The Morgan fingerprint density at radius 1 is 1.40 bits per heavy atom. The Hall–Kier alpha value is -0.550. The van der Waals surface area contributed by atoms with Crippen molar-refractivity contribution in [3.05, 3.63) is 10.7 Å². The number of nitrogens with zero attached hydrogens (tertiary/aromatic N) is 2. The summed E-state index contributed by atoms with van der Waals surface area (Å²) < 4.78 is 2.55. The van der Waals surface area contributed by atoms with Crippen molar-refractivity contribution in [1.82, 2.24) is 9.78 Å². The Morgan fingerprint density at radius 3 is 2.80 bits per heavy atom. The minimum absolute atomic E-state index is 0.0406. The topological polar surface area (TPSA) is 64.1 Å². The maximum Gasteiger partial charge on any atom is 0.136 e. The van der Waals surface area contributed by atoms with Gasteiger partial charge >= 0.3 is 0 Å². The third kappa shape index (κ3) is 2.18. The summed E-state index contributed by atoms with van der Waals surface area (Å²) in [5.74, 6) is 0.612. The van der Waals surface area contributed by atoms with Gasteiger partial charge in [0.1, 0.15) is 5.82 Å². The highest BCUT2D eigenvalue weighted by Gasteiger charge is 2.25. The molecule has 1 heterocycles. The van der Waals surface area contributed by atoms with Gasteiger partial charge in [0.15, 0.2) is 0 Å². The van der Waals surface area contributed by atoms with E-state index in [2.05, 4.69) is 21.0 Å². The van der Waals surface area contributed by atoms with Crippen LogP contribution >= 0.6 is 15.9 Å². The summed E-state index contributed by atoms with van der Waals surface area (Å²) in [5.41, 5.74) is 5.89. The number of nitrogens with two attached hydrogens (primary N) is 1. The van der Waals surface area contributed by atoms with Crippen LogP contribution < -0.4 is 5.73 Å². The van der Waals surface area contributed by atoms with Gasteiger partial charge in [0.2, 0.25) is 0 Å². The largest absolute Gasteiger partial charge is 0.391 e. The summed E-state index contributed by atoms with van der Waals surface area (Å²) in [5, 5.41) is 14.2. The molecule has 0 amide bonds. The highest BCUT2D eigenvalue weighted by Crippen LogP contribution is 2.31. The molecule has 84 valence electrons. The van der Waals surface area contributed by atoms with Gasteiger partial charge in [-0.2, -0.15) is 5.10 Å². The van der Waals surface area contributed by atoms with E-state index >= 15 is 0 Å². The highest BCUT2D eigenvalue weighted by atomic mass is 79.9. The standard InChI is InChI=1S/C10H16BrN3O/c11-7-6-13-14(10(7)12)8-4-2-1-3-5-9(8)15/h6,8-9,15H,1-5,12H2. The van der Waals surface area contributed by atoms with E-state index in [9.17, 15) is 5.11 Å². The quantitative estimate of drug-likeness (QED) is 0.771. The van der Waals surface area contributed by atoms with Crippen molar-refractivity contribution in [2.45, 2.75) is 44.2 Å². The van der Waals surface area contributed by atoms with E-state index in [1.807, 2.05) is 0 Å². The van der Waals surface area contributed by atoms with Crippen molar-refractivity contribution < 1.29 is 5.11 Å². The monoisotopic (exact) mass is 273 g/mol. The van der Waals surface area contributed by atoms with Crippen LogP contribution in [0.3, 0.4) is 0 Å². The average molecular weight is 274 g/mol. The molecule has 2 rings (SSSR count). The fraction of sp³-hybridized carbons (Fsp3) is 0.700. The molecule has 0 saturated heterocycles. The predicted molar refractivity (Wildman–Crippen MR) is 62.5 cm³/mol. The van der Waals surface area contributed by atoms with Crippen molar-refractivity contribution in [2.75, 3.05) is 5.73 Å². The molecule has 1 fully saturated rings. The Balaban J connectivity index is 2.24. The minimum Gasteiger partial charge on any atom is -0.391 e. The molecule has 1 aromatic heterocycles. The fourth-order valence-corrected chi connectivity index (χ4v) is 2.44. The zero-order valence-electron chi connectivity index (χ0n) is 8.56. The number of hydrogen-bond donors (Lipinski definition) is 2. The molecule has 2 unspecified atom stereocenters. The molecule has 1 saturated carbocycles. The van der Waals surface area contributed by atoms with E-state index in [1.165, 1.54) is 6.42 Å². The molecule has 0 bridgehead atoms. The van der Waals surface area contributed by atoms with Crippen molar-refractivity contribution in [3.63, 3.8) is 0 Å². The number of aliphatic hydroxyl groups excluding tert-OH is 1. The fourth-order valence-electron chi connectivity index (χ4n) is 2.17. The summed E-state index contributed by atoms with van der Waals surface area (Å²) in [6, 6.07) is 0.0406. The first kappa shape index (κ1) is 11.0. The van der Waals surface area contributed by atoms with Gasteiger partial charge in [-0.15, -0.1) is 0 Å². The van der Waals surface area contributed by atoms with Crippen molar-refractivity contribution in [1.29, 1.82) is 0 Å². The number of aromatic nitrogens is 2. The SMILES string of the molecule is Nc1c(Br)cnn1C1CCCCCC1O. The zero-order chi connectivity index (χ0) is 10.8. The molecule has 1 aliphatic rings. The predicted octanol–water partition coefficient (Wildman–Crippen LogP) is 2.09. The van der Waals surface area contributed by atoms with Crippen LogP contribution in [0.1, 0.15) is 38.1 Å². The van der Waals surface area contributed by atoms with Gasteiger partial charge in [0.25, 0.3) is 0 Å². The number of aliphatic hydroxyl groups is 1. The number of rotatable bonds is 1. The maximum absolute atomic E-state index is 10.0. The van der Waals surface area contributed by atoms with Gasteiger partial charge in [-0.1, -0.05) is 19.3 Å². The van der Waals surface area contributed by atoms with E-state index in [0.717, 1.165) is 30.2 Å². The second-order valence-electron chi connectivity index (χ2n) is 4.10. The first-order valence-electron chi connectivity index (χ1n) is 5.36. The summed E-state index contributed by atoms with van der Waals surface area (Å²) in [6.07, 6.45) is 6.60. The smallest absolute Gasteiger partial charge is 0.136 e. The van der Waals surface area contributed by atoms with E-state index in [4.69, 9.17) is 5.73 Å². The molecule has 3 N–H and O–H groups in total. The Kier molecular flexibility index (Phi) is 3.31. The highest BCUT2D eigenvalue weighted by molar-refractivity contribution is 9.10. The third-order valence-corrected chi connectivity index (χ3v) is 3.66. The van der Waals surface area contributed by atoms with E-state index in [1.54, 1.807) is 10.9 Å². The molecule has 0 spiro atoms. The average Bonchev–Trinajstić information content (AvgIpc) is 2.43. The lowest BCUT2D eigenvalue weighted by Crippen LogP contribution is -2.25. The first-order valence-corrected chi connectivity index (χ1v) is 6.16. The van der Waals surface area contributed by atoms with Crippen LogP contribution in [-0.4, -0.2) is 21.0 Å². The van der Waals surface area contributed by atoms with Gasteiger partial charge in [-0.25, -0.2) is 4.68 Å². The van der Waals surface area contributed by atoms with Crippen LogP contribution in [0.25, 0.3) is 0 Å². The summed E-state index contributed by atoms with van der Waals surface area (Å²) in [4.78, 5) is 0. The van der Waals surface area contributed by atoms with Crippen molar-refractivity contribution in [3.8, 4) is 0 Å². The second kappa shape index (κ2) is 4.53. The van der Waals surface area contributed by atoms with Crippen LogP contribution in [0.5, 0.6) is 0 Å². The maximum atomic E-state index is 10.0. The minimum atomic E-state index is -0.318. The van der Waals surface area contributed by atoms with E-state index < -0.39 is 0 Å². The summed E-state index contributed by atoms with van der Waals surface area (Å²) in [7, 11) is 0. The first-order chi connectivity index (χ1) is 7.20. The molecule has 1 aromatic rings. The molecule has 0 aliphatic heterocycles. The number of hydrogen-bond acceptors (Lipinski definition) is 3. The molecule has 5 heteroatoms. The zero-order valence-corrected chi connectivity index (χ0v) is 10.2. The lowest BCUT2D eigenvalue weighted by molar-refractivity contribution is 0.100. The van der Waals surface area contributed by atoms with Crippen LogP contribution in [0.2, 0.25) is 0 Å². The molecule has 2 atom stereocenters. The van der Waals surface area contributed by atoms with E-state index in [0.29, 0.717) is 5.82 Å². The third-order valence-electron chi connectivity index (χ3n) is 3.05. The van der Waals surface area contributed by atoms with Crippen molar-refractivity contribution in [2.24, 2.45) is 0 Å². The summed E-state index contributed by atoms with van der Waals surface area (Å²) >= 11 is 3.33. The van der Waals surface area contributed by atoms with Crippen molar-refractivity contribution >= 4 is 21.7 Å². The normalized spacial score (nSPS) is 27.6. The molecule has 0 radical (unpaired) electrons. The molecular formula is C10H16BrN3O. The molecule has 4 nitrogen and oxygen atoms in total. The van der Waals surface area contributed by atoms with Gasteiger partial charge < -0.3 is 10.8 Å². The molecular weight excluding hydrogens is 258 g/mol.